The van der Waals surface area contributed by atoms with Gasteiger partial charge in [-0.25, -0.2) is 13.1 Å². The fraction of sp³-hybridized carbons (Fsp3) is 0.417. The van der Waals surface area contributed by atoms with Gasteiger partial charge in [-0.05, 0) is 24.6 Å². The van der Waals surface area contributed by atoms with Crippen LogP contribution in [0.4, 0.5) is 5.69 Å². The Balaban J connectivity index is 2.77. The van der Waals surface area contributed by atoms with Gasteiger partial charge < -0.3 is 10.6 Å². The van der Waals surface area contributed by atoms with Gasteiger partial charge in [0.05, 0.1) is 4.90 Å². The van der Waals surface area contributed by atoms with E-state index < -0.39 is 10.0 Å². The summed E-state index contributed by atoms with van der Waals surface area (Å²) < 4.78 is 26.5. The Morgan fingerprint density at radius 2 is 2.00 bits per heavy atom. The first-order chi connectivity index (χ1) is 8.74. The number of nitrogen functional groups attached to an aromatic ring is 1. The quantitative estimate of drug-likeness (QED) is 0.763. The minimum absolute atomic E-state index is 0.0631. The topological polar surface area (TPSA) is 92.5 Å². The molecule has 0 unspecified atom stereocenters. The Morgan fingerprint density at radius 1 is 1.37 bits per heavy atom. The zero-order valence-electron chi connectivity index (χ0n) is 11.3. The van der Waals surface area contributed by atoms with Gasteiger partial charge in [-0.1, -0.05) is 6.07 Å². The molecule has 0 aliphatic rings. The highest BCUT2D eigenvalue weighted by Crippen LogP contribution is 2.17. The normalized spacial score (nSPS) is 11.3. The molecular weight excluding hydrogens is 266 g/mol. The fourth-order valence-corrected chi connectivity index (χ4v) is 2.81. The highest BCUT2D eigenvalue weighted by molar-refractivity contribution is 7.89. The Morgan fingerprint density at radius 3 is 2.58 bits per heavy atom. The summed E-state index contributed by atoms with van der Waals surface area (Å²) in [6.07, 6.45) is 0.119. The van der Waals surface area contributed by atoms with Crippen molar-refractivity contribution in [1.82, 2.24) is 9.62 Å². The van der Waals surface area contributed by atoms with Gasteiger partial charge in [-0.15, -0.1) is 0 Å². The second-order valence-corrected chi connectivity index (χ2v) is 6.20. The predicted molar refractivity (Wildman–Crippen MR) is 74.1 cm³/mol. The number of sulfonamides is 1. The van der Waals surface area contributed by atoms with E-state index in [4.69, 9.17) is 5.73 Å². The van der Waals surface area contributed by atoms with Crippen molar-refractivity contribution in [2.45, 2.75) is 18.2 Å². The van der Waals surface area contributed by atoms with E-state index in [0.29, 0.717) is 11.3 Å². The summed E-state index contributed by atoms with van der Waals surface area (Å²) in [5.41, 5.74) is 6.58. The average Bonchev–Trinajstić information content (AvgIpc) is 2.31. The van der Waals surface area contributed by atoms with Gasteiger partial charge in [0.1, 0.15) is 0 Å². The number of rotatable bonds is 5. The standard InChI is InChI=1S/C12H19N3O3S/c1-9-4-5-10(13)8-11(9)19(17,18)14-7-6-12(16)15(2)3/h4-5,8,14H,6-7,13H2,1-3H3. The van der Waals surface area contributed by atoms with Crippen molar-refractivity contribution in [3.8, 4) is 0 Å². The maximum atomic E-state index is 12.1. The Hall–Kier alpha value is -1.60. The lowest BCUT2D eigenvalue weighted by atomic mass is 10.2. The Kier molecular flexibility index (Phi) is 4.90. The summed E-state index contributed by atoms with van der Waals surface area (Å²) in [7, 11) is -0.388. The summed E-state index contributed by atoms with van der Waals surface area (Å²) in [6.45, 7) is 1.76. The summed E-state index contributed by atoms with van der Waals surface area (Å²) >= 11 is 0. The number of amides is 1. The van der Waals surface area contributed by atoms with E-state index in [2.05, 4.69) is 4.72 Å². The van der Waals surface area contributed by atoms with E-state index >= 15 is 0 Å². The maximum absolute atomic E-state index is 12.1. The van der Waals surface area contributed by atoms with Crippen LogP contribution in [-0.2, 0) is 14.8 Å². The highest BCUT2D eigenvalue weighted by Gasteiger charge is 2.17. The molecule has 0 aliphatic heterocycles. The molecule has 7 heteroatoms. The third-order valence-corrected chi connectivity index (χ3v) is 4.23. The van der Waals surface area contributed by atoms with E-state index in [0.717, 1.165) is 0 Å². The van der Waals surface area contributed by atoms with Crippen LogP contribution in [0.5, 0.6) is 0 Å². The minimum atomic E-state index is -3.64. The van der Waals surface area contributed by atoms with Gasteiger partial charge in [0.15, 0.2) is 0 Å². The van der Waals surface area contributed by atoms with E-state index in [1.54, 1.807) is 33.2 Å². The van der Waals surface area contributed by atoms with Gasteiger partial charge in [0, 0.05) is 32.7 Å². The number of nitrogens with one attached hydrogen (secondary N) is 1. The van der Waals surface area contributed by atoms with Gasteiger partial charge in [-0.2, -0.15) is 0 Å². The molecule has 0 saturated carbocycles. The van der Waals surface area contributed by atoms with E-state index in [1.807, 2.05) is 0 Å². The second kappa shape index (κ2) is 6.03. The molecule has 0 fully saturated rings. The molecule has 19 heavy (non-hydrogen) atoms. The fourth-order valence-electron chi connectivity index (χ4n) is 1.50. The zero-order chi connectivity index (χ0) is 14.6. The van der Waals surface area contributed by atoms with E-state index in [-0.39, 0.29) is 23.8 Å². The van der Waals surface area contributed by atoms with Crippen molar-refractivity contribution < 1.29 is 13.2 Å². The molecule has 0 aromatic heterocycles. The van der Waals surface area contributed by atoms with Gasteiger partial charge in [0.25, 0.3) is 0 Å². The summed E-state index contributed by atoms with van der Waals surface area (Å²) in [5, 5.41) is 0. The summed E-state index contributed by atoms with van der Waals surface area (Å²) in [5.74, 6) is -0.132. The number of anilines is 1. The van der Waals surface area contributed by atoms with Crippen LogP contribution in [0.15, 0.2) is 23.1 Å². The monoisotopic (exact) mass is 285 g/mol. The van der Waals surface area contributed by atoms with Crippen molar-refractivity contribution in [2.75, 3.05) is 26.4 Å². The van der Waals surface area contributed by atoms with Crippen LogP contribution in [0.3, 0.4) is 0 Å². The lowest BCUT2D eigenvalue weighted by Crippen LogP contribution is -2.30. The van der Waals surface area contributed by atoms with Crippen molar-refractivity contribution in [2.24, 2.45) is 0 Å². The maximum Gasteiger partial charge on any atom is 0.240 e. The molecule has 0 atom stereocenters. The first-order valence-electron chi connectivity index (χ1n) is 5.80. The molecule has 0 radical (unpaired) electrons. The first kappa shape index (κ1) is 15.5. The largest absolute Gasteiger partial charge is 0.399 e. The smallest absolute Gasteiger partial charge is 0.240 e. The Labute approximate surface area is 113 Å². The molecule has 6 nitrogen and oxygen atoms in total. The molecule has 0 heterocycles. The SMILES string of the molecule is Cc1ccc(N)cc1S(=O)(=O)NCCC(=O)N(C)C. The molecule has 0 spiro atoms. The predicted octanol–water partition coefficient (Wildman–Crippen LogP) is 0.334. The molecule has 0 bridgehead atoms. The minimum Gasteiger partial charge on any atom is -0.399 e. The molecule has 1 rings (SSSR count). The van der Waals surface area contributed by atoms with Crippen LogP contribution in [-0.4, -0.2) is 39.9 Å². The van der Waals surface area contributed by atoms with Crippen LogP contribution < -0.4 is 10.5 Å². The van der Waals surface area contributed by atoms with Crippen molar-refractivity contribution >= 4 is 21.6 Å². The van der Waals surface area contributed by atoms with E-state index in [9.17, 15) is 13.2 Å². The van der Waals surface area contributed by atoms with Crippen LogP contribution in [0.25, 0.3) is 0 Å². The number of hydrogen-bond donors (Lipinski definition) is 2. The molecular formula is C12H19N3O3S. The first-order valence-corrected chi connectivity index (χ1v) is 7.28. The lowest BCUT2D eigenvalue weighted by molar-refractivity contribution is -0.128. The number of carbonyl (C=O) groups excluding carboxylic acids is 1. The highest BCUT2D eigenvalue weighted by atomic mass is 32.2. The number of benzene rings is 1. The second-order valence-electron chi connectivity index (χ2n) is 4.46. The van der Waals surface area contributed by atoms with Crippen molar-refractivity contribution in [1.29, 1.82) is 0 Å². The number of nitrogens with zero attached hydrogens (tertiary/aromatic N) is 1. The van der Waals surface area contributed by atoms with Crippen LogP contribution in [0.2, 0.25) is 0 Å². The third kappa shape index (κ3) is 4.22. The molecule has 1 aromatic carbocycles. The van der Waals surface area contributed by atoms with Gasteiger partial charge >= 0.3 is 0 Å². The summed E-state index contributed by atoms with van der Waals surface area (Å²) in [6, 6.07) is 4.70. The number of nitrogens with two attached hydrogens (primary N) is 1. The van der Waals surface area contributed by atoms with Gasteiger partial charge in [-0.3, -0.25) is 4.79 Å². The summed E-state index contributed by atoms with van der Waals surface area (Å²) in [4.78, 5) is 12.9. The Bertz CT molecular complexity index is 568. The molecule has 0 saturated heterocycles. The van der Waals surface area contributed by atoms with Crippen molar-refractivity contribution in [3.63, 3.8) is 0 Å². The van der Waals surface area contributed by atoms with Crippen molar-refractivity contribution in [3.05, 3.63) is 23.8 Å². The van der Waals surface area contributed by atoms with Crippen LogP contribution >= 0.6 is 0 Å². The van der Waals surface area contributed by atoms with Gasteiger partial charge in [0.2, 0.25) is 15.9 Å². The third-order valence-electron chi connectivity index (χ3n) is 2.63. The lowest BCUT2D eigenvalue weighted by Gasteiger charge is -2.12. The number of hydrogen-bond acceptors (Lipinski definition) is 4. The average molecular weight is 285 g/mol. The molecule has 106 valence electrons. The molecule has 0 aliphatic carbocycles. The van der Waals surface area contributed by atoms with Crippen LogP contribution in [0.1, 0.15) is 12.0 Å². The molecule has 3 N–H and O–H groups in total. The van der Waals surface area contributed by atoms with Crippen LogP contribution in [0, 0.1) is 6.92 Å². The zero-order valence-corrected chi connectivity index (χ0v) is 12.1. The number of aryl methyl sites for hydroxylation is 1. The molecule has 1 amide bonds. The molecule has 1 aromatic rings. The van der Waals surface area contributed by atoms with E-state index in [1.165, 1.54) is 11.0 Å². The number of carbonyl (C=O) groups is 1.